The van der Waals surface area contributed by atoms with Crippen LogP contribution in [0.3, 0.4) is 0 Å². The molecule has 7 nitrogen and oxygen atoms in total. The fourth-order valence-electron chi connectivity index (χ4n) is 2.56. The lowest BCUT2D eigenvalue weighted by molar-refractivity contribution is -0.118. The van der Waals surface area contributed by atoms with E-state index in [0.29, 0.717) is 18.1 Å². The molecule has 0 fully saturated rings. The zero-order valence-electron chi connectivity index (χ0n) is 11.8. The summed E-state index contributed by atoms with van der Waals surface area (Å²) in [4.78, 5) is 19.6. The van der Waals surface area contributed by atoms with Crippen LogP contribution < -0.4 is 11.1 Å². The first-order chi connectivity index (χ1) is 10.1. The van der Waals surface area contributed by atoms with Crippen molar-refractivity contribution in [3.05, 3.63) is 28.9 Å². The topological polar surface area (TPSA) is 107 Å². The number of nitrogens with zero attached hydrogens (tertiary/aromatic N) is 3. The molecule has 1 aliphatic heterocycles. The van der Waals surface area contributed by atoms with Gasteiger partial charge >= 0.3 is 0 Å². The Kier molecular flexibility index (Phi) is 3.66. The van der Waals surface area contributed by atoms with Crippen LogP contribution in [0.5, 0.6) is 0 Å². The molecule has 0 saturated carbocycles. The van der Waals surface area contributed by atoms with Gasteiger partial charge < -0.3 is 15.6 Å². The molecule has 0 bridgehead atoms. The number of carbonyl (C=O) groups is 1. The maximum atomic E-state index is 10.8. The number of aromatic nitrogens is 3. The molecule has 0 saturated heterocycles. The summed E-state index contributed by atoms with van der Waals surface area (Å²) >= 11 is 0. The molecule has 0 aliphatic carbocycles. The second-order valence-corrected chi connectivity index (χ2v) is 5.13. The predicted molar refractivity (Wildman–Crippen MR) is 75.2 cm³/mol. The lowest BCUT2D eigenvalue weighted by Crippen LogP contribution is -2.24. The van der Waals surface area contributed by atoms with E-state index in [1.54, 1.807) is 0 Å². The number of primary amides is 1. The van der Waals surface area contributed by atoms with Crippen molar-refractivity contribution in [3.8, 4) is 11.4 Å². The molecule has 3 heterocycles. The van der Waals surface area contributed by atoms with E-state index in [1.165, 1.54) is 11.1 Å². The van der Waals surface area contributed by atoms with Gasteiger partial charge in [-0.15, -0.1) is 0 Å². The smallest absolute Gasteiger partial charge is 0.227 e. The van der Waals surface area contributed by atoms with E-state index in [1.807, 2.05) is 13.1 Å². The summed E-state index contributed by atoms with van der Waals surface area (Å²) in [5.74, 6) is 0.587. The van der Waals surface area contributed by atoms with Crippen molar-refractivity contribution < 1.29 is 9.32 Å². The molecule has 3 rings (SSSR count). The minimum Gasteiger partial charge on any atom is -0.370 e. The van der Waals surface area contributed by atoms with Crippen LogP contribution in [0.2, 0.25) is 0 Å². The van der Waals surface area contributed by atoms with Gasteiger partial charge in [0.05, 0.1) is 0 Å². The molecule has 3 N–H and O–H groups in total. The van der Waals surface area contributed by atoms with Crippen LogP contribution in [0.1, 0.15) is 29.1 Å². The summed E-state index contributed by atoms with van der Waals surface area (Å²) in [7, 11) is 0. The highest BCUT2D eigenvalue weighted by molar-refractivity contribution is 5.73. The quantitative estimate of drug-likeness (QED) is 0.848. The molecule has 1 amide bonds. The van der Waals surface area contributed by atoms with E-state index in [9.17, 15) is 4.79 Å². The van der Waals surface area contributed by atoms with Gasteiger partial charge in [0.25, 0.3) is 0 Å². The molecule has 0 unspecified atom stereocenters. The number of nitrogens with one attached hydrogen (secondary N) is 1. The van der Waals surface area contributed by atoms with Gasteiger partial charge in [0.2, 0.25) is 17.6 Å². The first-order valence-electron chi connectivity index (χ1n) is 6.94. The Hall–Kier alpha value is -2.28. The van der Waals surface area contributed by atoms with Gasteiger partial charge in [0, 0.05) is 36.8 Å². The number of rotatable bonds is 4. The van der Waals surface area contributed by atoms with Crippen LogP contribution >= 0.6 is 0 Å². The summed E-state index contributed by atoms with van der Waals surface area (Å²) < 4.78 is 5.20. The van der Waals surface area contributed by atoms with Crippen LogP contribution in [0.25, 0.3) is 11.4 Å². The average Bonchev–Trinajstić information content (AvgIpc) is 2.93. The normalized spacial score (nSPS) is 14.0. The molecule has 2 aromatic heterocycles. The number of nitrogens with two attached hydrogens (primary N) is 1. The summed E-state index contributed by atoms with van der Waals surface area (Å²) in [6.07, 6.45) is 3.38. The highest BCUT2D eigenvalue weighted by Crippen LogP contribution is 2.28. The second kappa shape index (κ2) is 5.61. The summed E-state index contributed by atoms with van der Waals surface area (Å²) in [5, 5.41) is 7.36. The second-order valence-electron chi connectivity index (χ2n) is 5.13. The van der Waals surface area contributed by atoms with Crippen molar-refractivity contribution in [1.82, 2.24) is 20.4 Å². The number of aryl methyl sites for hydroxylation is 2. The Labute approximate surface area is 121 Å². The Morgan fingerprint density at radius 3 is 3.19 bits per heavy atom. The van der Waals surface area contributed by atoms with Crippen molar-refractivity contribution >= 4 is 5.91 Å². The first-order valence-corrected chi connectivity index (χ1v) is 6.94. The number of hydrogen-bond acceptors (Lipinski definition) is 6. The van der Waals surface area contributed by atoms with Gasteiger partial charge in [-0.1, -0.05) is 5.16 Å². The van der Waals surface area contributed by atoms with Crippen molar-refractivity contribution in [2.24, 2.45) is 5.73 Å². The SMILES string of the molecule is Cc1ncc2c(c1-c1noc(CCC(N)=O)n1)CCNC2. The van der Waals surface area contributed by atoms with Crippen LogP contribution in [0.4, 0.5) is 0 Å². The minimum absolute atomic E-state index is 0.204. The molecule has 0 aromatic carbocycles. The number of amides is 1. The van der Waals surface area contributed by atoms with Crippen molar-refractivity contribution in [3.63, 3.8) is 0 Å². The fraction of sp³-hybridized carbons (Fsp3) is 0.429. The fourth-order valence-corrected chi connectivity index (χ4v) is 2.56. The maximum absolute atomic E-state index is 10.8. The highest BCUT2D eigenvalue weighted by atomic mass is 16.5. The van der Waals surface area contributed by atoms with E-state index in [2.05, 4.69) is 20.4 Å². The third-order valence-electron chi connectivity index (χ3n) is 3.61. The number of hydrogen-bond donors (Lipinski definition) is 2. The summed E-state index contributed by atoms with van der Waals surface area (Å²) in [5.41, 5.74) is 9.36. The lowest BCUT2D eigenvalue weighted by atomic mass is 9.95. The van der Waals surface area contributed by atoms with Gasteiger partial charge in [0.15, 0.2) is 0 Å². The monoisotopic (exact) mass is 287 g/mol. The zero-order valence-corrected chi connectivity index (χ0v) is 11.8. The summed E-state index contributed by atoms with van der Waals surface area (Å²) in [6, 6.07) is 0. The molecular weight excluding hydrogens is 270 g/mol. The maximum Gasteiger partial charge on any atom is 0.227 e. The van der Waals surface area contributed by atoms with E-state index < -0.39 is 0 Å². The average molecular weight is 287 g/mol. The molecule has 2 aromatic rings. The van der Waals surface area contributed by atoms with Crippen LogP contribution in [0.15, 0.2) is 10.7 Å². The predicted octanol–water partition coefficient (Wildman–Crippen LogP) is 0.504. The molecule has 0 spiro atoms. The van der Waals surface area contributed by atoms with E-state index in [-0.39, 0.29) is 12.3 Å². The van der Waals surface area contributed by atoms with Crippen LogP contribution in [0, 0.1) is 6.92 Å². The lowest BCUT2D eigenvalue weighted by Gasteiger charge is -2.19. The summed E-state index contributed by atoms with van der Waals surface area (Å²) in [6.45, 7) is 3.68. The Bertz CT molecular complexity index is 680. The number of pyridine rings is 1. The third kappa shape index (κ3) is 2.78. The first kappa shape index (κ1) is 13.7. The third-order valence-corrected chi connectivity index (χ3v) is 3.61. The van der Waals surface area contributed by atoms with Gasteiger partial charge in [0.1, 0.15) is 0 Å². The van der Waals surface area contributed by atoms with Gasteiger partial charge in [-0.2, -0.15) is 4.98 Å². The standard InChI is InChI=1S/C14H17N5O2/c1-8-13(10-4-5-16-6-9(10)7-17-8)14-18-12(21-19-14)3-2-11(15)20/h7,16H,2-6H2,1H3,(H2,15,20). The Morgan fingerprint density at radius 2 is 2.38 bits per heavy atom. The molecule has 110 valence electrons. The zero-order chi connectivity index (χ0) is 14.8. The molecular formula is C14H17N5O2. The van der Waals surface area contributed by atoms with Crippen molar-refractivity contribution in [2.75, 3.05) is 6.54 Å². The van der Waals surface area contributed by atoms with E-state index in [0.717, 1.165) is 30.8 Å². The number of fused-ring (bicyclic) bond motifs is 1. The molecule has 0 radical (unpaired) electrons. The highest BCUT2D eigenvalue weighted by Gasteiger charge is 2.20. The molecule has 21 heavy (non-hydrogen) atoms. The Balaban J connectivity index is 1.95. The van der Waals surface area contributed by atoms with Gasteiger partial charge in [-0.05, 0) is 31.0 Å². The van der Waals surface area contributed by atoms with E-state index >= 15 is 0 Å². The minimum atomic E-state index is -0.379. The van der Waals surface area contributed by atoms with Crippen molar-refractivity contribution in [2.45, 2.75) is 32.7 Å². The van der Waals surface area contributed by atoms with E-state index in [4.69, 9.17) is 10.3 Å². The number of carbonyl (C=O) groups excluding carboxylic acids is 1. The molecule has 0 atom stereocenters. The van der Waals surface area contributed by atoms with Crippen molar-refractivity contribution in [1.29, 1.82) is 0 Å². The van der Waals surface area contributed by atoms with Gasteiger partial charge in [-0.25, -0.2) is 0 Å². The molecule has 1 aliphatic rings. The molecule has 7 heteroatoms. The van der Waals surface area contributed by atoms with Crippen LogP contribution in [-0.2, 0) is 24.2 Å². The van der Waals surface area contributed by atoms with Gasteiger partial charge in [-0.3, -0.25) is 9.78 Å². The van der Waals surface area contributed by atoms with Crippen LogP contribution in [-0.4, -0.2) is 27.6 Å². The Morgan fingerprint density at radius 1 is 1.52 bits per heavy atom. The largest absolute Gasteiger partial charge is 0.370 e.